The van der Waals surface area contributed by atoms with E-state index in [9.17, 15) is 9.59 Å². The van der Waals surface area contributed by atoms with Gasteiger partial charge in [0, 0.05) is 19.5 Å². The molecule has 0 aliphatic rings. The molecule has 0 saturated carbocycles. The Kier molecular flexibility index (Phi) is 6.19. The van der Waals surface area contributed by atoms with Gasteiger partial charge in [-0.1, -0.05) is 13.0 Å². The summed E-state index contributed by atoms with van der Waals surface area (Å²) in [7, 11) is 0. The van der Waals surface area contributed by atoms with Crippen LogP contribution >= 0.6 is 0 Å². The third kappa shape index (κ3) is 7.15. The number of carbonyl (C=O) groups excluding carboxylic acids is 1. The lowest BCUT2D eigenvalue weighted by Gasteiger charge is -2.10. The molecule has 0 bridgehead atoms. The molecular weight excluding hydrogens is 184 g/mol. The Balaban J connectivity index is 3.55. The van der Waals surface area contributed by atoms with Crippen molar-refractivity contribution in [1.29, 1.82) is 0 Å². The monoisotopic (exact) mass is 200 g/mol. The minimum Gasteiger partial charge on any atom is -0.481 e. The zero-order valence-electron chi connectivity index (χ0n) is 8.25. The molecular formula is C9H16N2O3. The van der Waals surface area contributed by atoms with Gasteiger partial charge in [0.25, 0.3) is 0 Å². The number of hydrogen-bond donors (Lipinski definition) is 3. The molecule has 0 aromatic rings. The highest BCUT2D eigenvalue weighted by Crippen LogP contribution is 1.98. The molecule has 14 heavy (non-hydrogen) atoms. The summed E-state index contributed by atoms with van der Waals surface area (Å²) in [5.41, 5.74) is 0. The molecule has 5 heteroatoms. The van der Waals surface area contributed by atoms with Gasteiger partial charge in [-0.2, -0.15) is 0 Å². The van der Waals surface area contributed by atoms with Gasteiger partial charge in [-0.25, -0.2) is 4.79 Å². The maximum atomic E-state index is 11.0. The van der Waals surface area contributed by atoms with Crippen LogP contribution in [0.15, 0.2) is 12.7 Å². The molecule has 0 rings (SSSR count). The van der Waals surface area contributed by atoms with Crippen LogP contribution in [0.4, 0.5) is 4.79 Å². The molecule has 1 atom stereocenters. The number of rotatable bonds is 6. The highest BCUT2D eigenvalue weighted by molar-refractivity contribution is 5.74. The fourth-order valence-corrected chi connectivity index (χ4v) is 0.865. The van der Waals surface area contributed by atoms with E-state index in [0.717, 1.165) is 0 Å². The lowest BCUT2D eigenvalue weighted by Crippen LogP contribution is -2.38. The van der Waals surface area contributed by atoms with Crippen LogP contribution in [0.1, 0.15) is 13.3 Å². The first kappa shape index (κ1) is 12.5. The fourth-order valence-electron chi connectivity index (χ4n) is 0.865. The average molecular weight is 200 g/mol. The van der Waals surface area contributed by atoms with Crippen LogP contribution in [0.2, 0.25) is 0 Å². The minimum atomic E-state index is -0.856. The topological polar surface area (TPSA) is 78.4 Å². The van der Waals surface area contributed by atoms with E-state index in [1.165, 1.54) is 0 Å². The molecule has 0 spiro atoms. The lowest BCUT2D eigenvalue weighted by molar-refractivity contribution is -0.137. The highest BCUT2D eigenvalue weighted by atomic mass is 16.4. The van der Waals surface area contributed by atoms with Crippen LogP contribution in [0, 0.1) is 5.92 Å². The second-order valence-corrected chi connectivity index (χ2v) is 3.08. The van der Waals surface area contributed by atoms with E-state index in [0.29, 0.717) is 13.1 Å². The maximum Gasteiger partial charge on any atom is 0.315 e. The summed E-state index contributed by atoms with van der Waals surface area (Å²) in [6.07, 6.45) is 1.63. The van der Waals surface area contributed by atoms with Crippen molar-refractivity contribution in [1.82, 2.24) is 10.6 Å². The first-order valence-corrected chi connectivity index (χ1v) is 4.40. The Morgan fingerprint density at radius 2 is 2.14 bits per heavy atom. The molecule has 5 nitrogen and oxygen atoms in total. The SMILES string of the molecule is C=CCNC(=O)NCC(C)CC(=O)O. The summed E-state index contributed by atoms with van der Waals surface area (Å²) in [6, 6.07) is -0.304. The molecule has 0 aliphatic carbocycles. The summed E-state index contributed by atoms with van der Waals surface area (Å²) in [4.78, 5) is 21.3. The zero-order valence-corrected chi connectivity index (χ0v) is 8.25. The summed E-state index contributed by atoms with van der Waals surface area (Å²) in [5, 5.41) is 13.5. The molecule has 1 unspecified atom stereocenters. The fraction of sp³-hybridized carbons (Fsp3) is 0.556. The summed E-state index contributed by atoms with van der Waals surface area (Å²) >= 11 is 0. The van der Waals surface area contributed by atoms with Gasteiger partial charge in [0.1, 0.15) is 0 Å². The first-order valence-electron chi connectivity index (χ1n) is 4.40. The number of hydrogen-bond acceptors (Lipinski definition) is 2. The quantitative estimate of drug-likeness (QED) is 0.549. The van der Waals surface area contributed by atoms with Crippen molar-refractivity contribution in [3.63, 3.8) is 0 Å². The Hall–Kier alpha value is -1.52. The molecule has 0 radical (unpaired) electrons. The largest absolute Gasteiger partial charge is 0.481 e. The molecule has 3 N–H and O–H groups in total. The van der Waals surface area contributed by atoms with Gasteiger partial charge in [-0.3, -0.25) is 4.79 Å². The predicted molar refractivity (Wildman–Crippen MR) is 53.0 cm³/mol. The van der Waals surface area contributed by atoms with Crippen molar-refractivity contribution < 1.29 is 14.7 Å². The van der Waals surface area contributed by atoms with E-state index in [4.69, 9.17) is 5.11 Å². The zero-order chi connectivity index (χ0) is 11.0. The Labute approximate surface area is 83.2 Å². The number of carboxylic acid groups (broad SMARTS) is 1. The standard InChI is InChI=1S/C9H16N2O3/c1-3-4-10-9(14)11-6-7(2)5-8(12)13/h3,7H,1,4-6H2,2H3,(H,12,13)(H2,10,11,14). The van der Waals surface area contributed by atoms with Crippen molar-refractivity contribution in [2.24, 2.45) is 5.92 Å². The third-order valence-electron chi connectivity index (χ3n) is 1.54. The number of aliphatic carboxylic acids is 1. The Morgan fingerprint density at radius 1 is 1.50 bits per heavy atom. The van der Waals surface area contributed by atoms with Crippen LogP contribution in [-0.2, 0) is 4.79 Å². The van der Waals surface area contributed by atoms with E-state index in [-0.39, 0.29) is 18.4 Å². The van der Waals surface area contributed by atoms with Crippen molar-refractivity contribution in [2.75, 3.05) is 13.1 Å². The summed E-state index contributed by atoms with van der Waals surface area (Å²) in [6.45, 7) is 5.97. The van der Waals surface area contributed by atoms with Crippen molar-refractivity contribution in [2.45, 2.75) is 13.3 Å². The van der Waals surface area contributed by atoms with E-state index in [2.05, 4.69) is 17.2 Å². The number of carboxylic acids is 1. The second kappa shape index (κ2) is 6.94. The summed E-state index contributed by atoms with van der Waals surface area (Å²) < 4.78 is 0. The Bertz CT molecular complexity index is 216. The van der Waals surface area contributed by atoms with Crippen LogP contribution in [-0.4, -0.2) is 30.2 Å². The van der Waals surface area contributed by atoms with Gasteiger partial charge in [0.15, 0.2) is 0 Å². The molecule has 0 aromatic heterocycles. The van der Waals surface area contributed by atoms with Gasteiger partial charge < -0.3 is 15.7 Å². The third-order valence-corrected chi connectivity index (χ3v) is 1.54. The predicted octanol–water partition coefficient (Wildman–Crippen LogP) is 0.582. The molecule has 0 aliphatic heterocycles. The Morgan fingerprint density at radius 3 is 2.64 bits per heavy atom. The van der Waals surface area contributed by atoms with Crippen LogP contribution in [0.3, 0.4) is 0 Å². The van der Waals surface area contributed by atoms with Crippen molar-refractivity contribution in [3.05, 3.63) is 12.7 Å². The van der Waals surface area contributed by atoms with Gasteiger partial charge in [0.2, 0.25) is 0 Å². The van der Waals surface area contributed by atoms with Crippen LogP contribution < -0.4 is 10.6 Å². The molecule has 0 fully saturated rings. The molecule has 0 aromatic carbocycles. The van der Waals surface area contributed by atoms with Gasteiger partial charge in [-0.15, -0.1) is 6.58 Å². The molecule has 0 saturated heterocycles. The summed E-state index contributed by atoms with van der Waals surface area (Å²) in [5.74, 6) is -0.923. The molecule has 0 heterocycles. The maximum absolute atomic E-state index is 11.0. The number of urea groups is 1. The number of nitrogens with one attached hydrogen (secondary N) is 2. The first-order chi connectivity index (χ1) is 6.56. The van der Waals surface area contributed by atoms with E-state index >= 15 is 0 Å². The van der Waals surface area contributed by atoms with Crippen LogP contribution in [0.25, 0.3) is 0 Å². The van der Waals surface area contributed by atoms with Crippen molar-refractivity contribution in [3.8, 4) is 0 Å². The number of amides is 2. The molecule has 80 valence electrons. The van der Waals surface area contributed by atoms with Gasteiger partial charge in [-0.05, 0) is 5.92 Å². The smallest absolute Gasteiger partial charge is 0.315 e. The van der Waals surface area contributed by atoms with Gasteiger partial charge >= 0.3 is 12.0 Å². The minimum absolute atomic E-state index is 0.0573. The van der Waals surface area contributed by atoms with Crippen LogP contribution in [0.5, 0.6) is 0 Å². The second-order valence-electron chi connectivity index (χ2n) is 3.08. The van der Waals surface area contributed by atoms with Gasteiger partial charge in [0.05, 0.1) is 0 Å². The van der Waals surface area contributed by atoms with E-state index in [1.807, 2.05) is 0 Å². The average Bonchev–Trinajstić information content (AvgIpc) is 2.10. The van der Waals surface area contributed by atoms with Crippen molar-refractivity contribution >= 4 is 12.0 Å². The van der Waals surface area contributed by atoms with E-state index < -0.39 is 5.97 Å². The highest BCUT2D eigenvalue weighted by Gasteiger charge is 2.08. The molecule has 2 amide bonds. The number of carbonyl (C=O) groups is 2. The van der Waals surface area contributed by atoms with E-state index in [1.54, 1.807) is 13.0 Å². The lowest BCUT2D eigenvalue weighted by atomic mass is 10.1. The normalized spacial score (nSPS) is 11.5.